The number of aldehydes is 1. The van der Waals surface area contributed by atoms with Crippen molar-refractivity contribution in [3.05, 3.63) is 53.3 Å². The smallest absolute Gasteiger partial charge is 0.273 e. The van der Waals surface area contributed by atoms with Crippen LogP contribution >= 0.6 is 0 Å². The second-order valence-electron chi connectivity index (χ2n) is 4.73. The van der Waals surface area contributed by atoms with Crippen LogP contribution in [0.2, 0.25) is 0 Å². The first-order chi connectivity index (χ1) is 9.60. The van der Waals surface area contributed by atoms with Crippen LogP contribution in [-0.4, -0.2) is 21.2 Å². The highest BCUT2D eigenvalue weighted by molar-refractivity contribution is 7.89. The summed E-state index contributed by atoms with van der Waals surface area (Å²) in [5, 5.41) is -0.229. The summed E-state index contributed by atoms with van der Waals surface area (Å²) in [6.45, 7) is 0.330. The zero-order valence-corrected chi connectivity index (χ0v) is 11.4. The van der Waals surface area contributed by atoms with E-state index in [9.17, 15) is 13.2 Å². The average Bonchev–Trinajstić information content (AvgIpc) is 2.89. The standard InChI is InChI=1S/C14H13NO4S/c16-9-12-5-6-14(19-12)20(17,18)15-8-11-7-10-3-1-2-4-13(10)11/h1-6,9,11,15H,7-8H2. The van der Waals surface area contributed by atoms with Crippen molar-refractivity contribution < 1.29 is 17.6 Å². The van der Waals surface area contributed by atoms with Crippen LogP contribution in [0.5, 0.6) is 0 Å². The van der Waals surface area contributed by atoms with E-state index in [0.29, 0.717) is 12.8 Å². The number of carbonyl (C=O) groups is 1. The number of fused-ring (bicyclic) bond motifs is 1. The van der Waals surface area contributed by atoms with Crippen molar-refractivity contribution >= 4 is 16.3 Å². The molecule has 0 saturated heterocycles. The molecule has 0 fully saturated rings. The molecule has 1 aromatic heterocycles. The highest BCUT2D eigenvalue weighted by Gasteiger charge is 2.28. The third-order valence-electron chi connectivity index (χ3n) is 3.46. The van der Waals surface area contributed by atoms with E-state index >= 15 is 0 Å². The van der Waals surface area contributed by atoms with Crippen LogP contribution in [0.15, 0.2) is 45.9 Å². The number of furan rings is 1. The summed E-state index contributed by atoms with van der Waals surface area (Å²) < 4.78 is 31.4. The van der Waals surface area contributed by atoms with Crippen molar-refractivity contribution in [2.75, 3.05) is 6.54 Å². The van der Waals surface area contributed by atoms with Gasteiger partial charge in [-0.15, -0.1) is 0 Å². The molecule has 3 rings (SSSR count). The number of nitrogens with one attached hydrogen (secondary N) is 1. The van der Waals surface area contributed by atoms with E-state index < -0.39 is 10.0 Å². The van der Waals surface area contributed by atoms with E-state index in [1.54, 1.807) is 0 Å². The summed E-state index contributed by atoms with van der Waals surface area (Å²) in [6, 6.07) is 10.6. The molecule has 0 spiro atoms. The number of rotatable bonds is 5. The Morgan fingerprint density at radius 2 is 2.05 bits per heavy atom. The van der Waals surface area contributed by atoms with Gasteiger partial charge in [0.2, 0.25) is 5.09 Å². The SMILES string of the molecule is O=Cc1ccc(S(=O)(=O)NCC2Cc3ccccc32)o1. The van der Waals surface area contributed by atoms with Gasteiger partial charge in [-0.3, -0.25) is 4.79 Å². The normalized spacial score (nSPS) is 17.3. The fourth-order valence-corrected chi connectivity index (χ4v) is 3.38. The van der Waals surface area contributed by atoms with Crippen LogP contribution in [0.3, 0.4) is 0 Å². The lowest BCUT2D eigenvalue weighted by Crippen LogP contribution is -2.33. The molecule has 1 aliphatic rings. The Hall–Kier alpha value is -1.92. The molecule has 1 N–H and O–H groups in total. The Bertz CT molecular complexity index is 748. The fourth-order valence-electron chi connectivity index (χ4n) is 2.37. The molecule has 6 heteroatoms. The van der Waals surface area contributed by atoms with Crippen LogP contribution in [0.4, 0.5) is 0 Å². The van der Waals surface area contributed by atoms with Gasteiger partial charge < -0.3 is 4.42 Å². The van der Waals surface area contributed by atoms with Crippen LogP contribution < -0.4 is 4.72 Å². The Kier molecular flexibility index (Phi) is 3.19. The summed E-state index contributed by atoms with van der Waals surface area (Å²) in [4.78, 5) is 10.5. The van der Waals surface area contributed by atoms with Crippen molar-refractivity contribution in [3.8, 4) is 0 Å². The number of hydrogen-bond acceptors (Lipinski definition) is 4. The predicted octanol–water partition coefficient (Wildman–Crippen LogP) is 1.71. The van der Waals surface area contributed by atoms with E-state index in [1.807, 2.05) is 24.3 Å². The van der Waals surface area contributed by atoms with Crippen molar-refractivity contribution in [1.82, 2.24) is 4.72 Å². The first-order valence-electron chi connectivity index (χ1n) is 6.22. The largest absolute Gasteiger partial charge is 0.440 e. The van der Waals surface area contributed by atoms with Gasteiger partial charge in [-0.2, -0.15) is 0 Å². The van der Waals surface area contributed by atoms with Crippen molar-refractivity contribution in [3.63, 3.8) is 0 Å². The minimum atomic E-state index is -3.70. The molecule has 0 aliphatic heterocycles. The topological polar surface area (TPSA) is 76.4 Å². The second-order valence-corrected chi connectivity index (χ2v) is 6.42. The fraction of sp³-hybridized carbons (Fsp3) is 0.214. The molecular formula is C14H13NO4S. The zero-order chi connectivity index (χ0) is 14.2. The molecule has 0 saturated carbocycles. The van der Waals surface area contributed by atoms with Gasteiger partial charge in [-0.1, -0.05) is 24.3 Å². The molecule has 2 aromatic rings. The summed E-state index contributed by atoms with van der Waals surface area (Å²) in [7, 11) is -3.70. The maximum absolute atomic E-state index is 12.0. The van der Waals surface area contributed by atoms with Gasteiger partial charge in [-0.05, 0) is 29.7 Å². The maximum atomic E-state index is 12.0. The van der Waals surface area contributed by atoms with E-state index in [4.69, 9.17) is 4.42 Å². The highest BCUT2D eigenvalue weighted by atomic mass is 32.2. The summed E-state index contributed by atoms with van der Waals surface area (Å²) >= 11 is 0. The van der Waals surface area contributed by atoms with Crippen LogP contribution in [-0.2, 0) is 16.4 Å². The van der Waals surface area contributed by atoms with Gasteiger partial charge in [0.1, 0.15) is 0 Å². The van der Waals surface area contributed by atoms with Crippen LogP contribution in [0, 0.1) is 0 Å². The van der Waals surface area contributed by atoms with E-state index in [-0.39, 0.29) is 16.8 Å². The van der Waals surface area contributed by atoms with Gasteiger partial charge in [0.05, 0.1) is 0 Å². The molecule has 0 bridgehead atoms. The quantitative estimate of drug-likeness (QED) is 0.851. The number of benzene rings is 1. The van der Waals surface area contributed by atoms with Crippen LogP contribution in [0.1, 0.15) is 27.6 Å². The Morgan fingerprint density at radius 1 is 1.25 bits per heavy atom. The predicted molar refractivity (Wildman–Crippen MR) is 72.2 cm³/mol. The van der Waals surface area contributed by atoms with E-state index in [1.165, 1.54) is 23.3 Å². The van der Waals surface area contributed by atoms with Gasteiger partial charge in [0, 0.05) is 12.5 Å². The number of sulfonamides is 1. The lowest BCUT2D eigenvalue weighted by Gasteiger charge is -2.29. The first-order valence-corrected chi connectivity index (χ1v) is 7.71. The van der Waals surface area contributed by atoms with Crippen molar-refractivity contribution in [2.45, 2.75) is 17.4 Å². The lowest BCUT2D eigenvalue weighted by atomic mass is 9.78. The second kappa shape index (κ2) is 4.88. The summed E-state index contributed by atoms with van der Waals surface area (Å²) in [5.41, 5.74) is 2.45. The molecule has 20 heavy (non-hydrogen) atoms. The van der Waals surface area contributed by atoms with Gasteiger partial charge in [0.25, 0.3) is 10.0 Å². The summed E-state index contributed by atoms with van der Waals surface area (Å²) in [5.74, 6) is 0.195. The molecule has 1 atom stereocenters. The highest BCUT2D eigenvalue weighted by Crippen LogP contribution is 2.34. The average molecular weight is 291 g/mol. The zero-order valence-electron chi connectivity index (χ0n) is 10.6. The molecule has 1 heterocycles. The minimum absolute atomic E-state index is 0.000588. The van der Waals surface area contributed by atoms with E-state index in [2.05, 4.69) is 4.72 Å². The molecule has 0 amide bonds. The van der Waals surface area contributed by atoms with Crippen molar-refractivity contribution in [1.29, 1.82) is 0 Å². The maximum Gasteiger partial charge on any atom is 0.273 e. The summed E-state index contributed by atoms with van der Waals surface area (Å²) in [6.07, 6.45) is 1.34. The first kappa shape index (κ1) is 13.1. The Balaban J connectivity index is 1.68. The van der Waals surface area contributed by atoms with E-state index in [0.717, 1.165) is 6.42 Å². The van der Waals surface area contributed by atoms with Gasteiger partial charge in [0.15, 0.2) is 12.0 Å². The lowest BCUT2D eigenvalue weighted by molar-refractivity contribution is 0.109. The number of hydrogen-bond donors (Lipinski definition) is 1. The number of carbonyl (C=O) groups excluding carboxylic acids is 1. The molecule has 5 nitrogen and oxygen atoms in total. The van der Waals surface area contributed by atoms with Crippen molar-refractivity contribution in [2.24, 2.45) is 0 Å². The molecule has 1 aliphatic carbocycles. The van der Waals surface area contributed by atoms with Crippen LogP contribution in [0.25, 0.3) is 0 Å². The molecular weight excluding hydrogens is 278 g/mol. The minimum Gasteiger partial charge on any atom is -0.440 e. The van der Waals surface area contributed by atoms with Gasteiger partial charge in [-0.25, -0.2) is 13.1 Å². The Morgan fingerprint density at radius 3 is 2.75 bits per heavy atom. The van der Waals surface area contributed by atoms with Gasteiger partial charge >= 0.3 is 0 Å². The molecule has 1 aromatic carbocycles. The molecule has 104 valence electrons. The molecule has 0 radical (unpaired) electrons. The third kappa shape index (κ3) is 2.28. The third-order valence-corrected chi connectivity index (χ3v) is 4.76. The molecule has 1 unspecified atom stereocenters. The Labute approximate surface area is 116 Å². The monoisotopic (exact) mass is 291 g/mol.